The van der Waals surface area contributed by atoms with Crippen molar-refractivity contribution in [2.75, 3.05) is 7.11 Å². The summed E-state index contributed by atoms with van der Waals surface area (Å²) in [7, 11) is 1.50. The highest BCUT2D eigenvalue weighted by Crippen LogP contribution is 2.21. The summed E-state index contributed by atoms with van der Waals surface area (Å²) in [5.74, 6) is -0.0463. The molecular weight excluding hydrogens is 182 g/mol. The van der Waals surface area contributed by atoms with Gasteiger partial charge in [-0.2, -0.15) is 0 Å². The number of primary amides is 1. The Bertz CT molecular complexity index is 385. The van der Waals surface area contributed by atoms with Crippen LogP contribution >= 0.6 is 0 Å². The summed E-state index contributed by atoms with van der Waals surface area (Å²) in [5, 5.41) is 0. The number of aryl methyl sites for hydroxylation is 1. The van der Waals surface area contributed by atoms with Gasteiger partial charge in [0.15, 0.2) is 6.29 Å². The van der Waals surface area contributed by atoms with Crippen molar-refractivity contribution >= 4 is 12.2 Å². The maximum absolute atomic E-state index is 11.0. The lowest BCUT2D eigenvalue weighted by atomic mass is 10.0. The van der Waals surface area contributed by atoms with Gasteiger partial charge in [-0.15, -0.1) is 0 Å². The van der Waals surface area contributed by atoms with Gasteiger partial charge in [0.05, 0.1) is 12.7 Å². The minimum Gasteiger partial charge on any atom is -0.496 e. The maximum atomic E-state index is 11.0. The van der Waals surface area contributed by atoms with Crippen LogP contribution in [0.5, 0.6) is 5.75 Å². The number of nitrogens with two attached hydrogens (primary N) is 1. The predicted molar refractivity (Wildman–Crippen MR) is 51.6 cm³/mol. The van der Waals surface area contributed by atoms with E-state index in [0.29, 0.717) is 12.0 Å². The molecule has 1 amide bonds. The number of carbonyl (C=O) groups excluding carboxylic acids is 2. The minimum atomic E-state index is -0.613. The molecule has 0 saturated heterocycles. The van der Waals surface area contributed by atoms with E-state index in [1.54, 1.807) is 13.0 Å². The lowest BCUT2D eigenvalue weighted by molar-refractivity contribution is 0.0993. The first-order valence-electron chi connectivity index (χ1n) is 4.03. The fourth-order valence-electron chi connectivity index (χ4n) is 1.23. The highest BCUT2D eigenvalue weighted by molar-refractivity contribution is 6.01. The maximum Gasteiger partial charge on any atom is 0.249 e. The monoisotopic (exact) mass is 193 g/mol. The predicted octanol–water partition coefficient (Wildman–Crippen LogP) is 0.915. The SMILES string of the molecule is COc1cc(C=O)c(C(N)=O)cc1C. The third kappa shape index (κ3) is 1.74. The van der Waals surface area contributed by atoms with Crippen LogP contribution in [0.4, 0.5) is 0 Å². The number of aldehydes is 1. The zero-order chi connectivity index (χ0) is 10.7. The van der Waals surface area contributed by atoms with E-state index >= 15 is 0 Å². The van der Waals surface area contributed by atoms with Gasteiger partial charge < -0.3 is 10.5 Å². The largest absolute Gasteiger partial charge is 0.496 e. The fourth-order valence-corrected chi connectivity index (χ4v) is 1.23. The summed E-state index contributed by atoms with van der Waals surface area (Å²) in [6.07, 6.45) is 0.585. The molecule has 1 rings (SSSR count). The standard InChI is InChI=1S/C10H11NO3/c1-6-3-8(10(11)13)7(5-12)4-9(6)14-2/h3-5H,1-2H3,(H2,11,13). The summed E-state index contributed by atoms with van der Waals surface area (Å²) in [4.78, 5) is 21.6. The van der Waals surface area contributed by atoms with Crippen molar-refractivity contribution in [3.63, 3.8) is 0 Å². The third-order valence-electron chi connectivity index (χ3n) is 1.96. The molecule has 0 aromatic heterocycles. The zero-order valence-corrected chi connectivity index (χ0v) is 8.03. The molecule has 0 saturated carbocycles. The Kier molecular flexibility index (Phi) is 2.86. The Morgan fingerprint density at radius 3 is 2.57 bits per heavy atom. The molecule has 0 spiro atoms. The number of ether oxygens (including phenoxy) is 1. The number of benzene rings is 1. The van der Waals surface area contributed by atoms with Gasteiger partial charge in [-0.05, 0) is 24.6 Å². The number of rotatable bonds is 3. The molecule has 0 aliphatic rings. The van der Waals surface area contributed by atoms with Gasteiger partial charge in [0.25, 0.3) is 0 Å². The number of carbonyl (C=O) groups is 2. The normalized spacial score (nSPS) is 9.57. The summed E-state index contributed by atoms with van der Waals surface area (Å²) in [6.45, 7) is 1.78. The number of hydrogen-bond acceptors (Lipinski definition) is 3. The van der Waals surface area contributed by atoms with Crippen molar-refractivity contribution < 1.29 is 14.3 Å². The van der Waals surface area contributed by atoms with Crippen LogP contribution < -0.4 is 10.5 Å². The lowest BCUT2D eigenvalue weighted by Gasteiger charge is -2.07. The average molecular weight is 193 g/mol. The first-order valence-corrected chi connectivity index (χ1v) is 4.03. The zero-order valence-electron chi connectivity index (χ0n) is 8.03. The molecule has 1 aromatic carbocycles. The van der Waals surface area contributed by atoms with E-state index in [0.717, 1.165) is 5.56 Å². The number of amides is 1. The quantitative estimate of drug-likeness (QED) is 0.725. The summed E-state index contributed by atoms with van der Waals surface area (Å²) < 4.78 is 5.01. The minimum absolute atomic E-state index is 0.221. The molecule has 0 aliphatic heterocycles. The van der Waals surface area contributed by atoms with Crippen LogP contribution in [0.15, 0.2) is 12.1 Å². The van der Waals surface area contributed by atoms with Crippen molar-refractivity contribution in [2.24, 2.45) is 5.73 Å². The lowest BCUT2D eigenvalue weighted by Crippen LogP contribution is -2.14. The van der Waals surface area contributed by atoms with Crippen LogP contribution in [0.25, 0.3) is 0 Å². The molecule has 0 atom stereocenters. The van der Waals surface area contributed by atoms with Gasteiger partial charge in [-0.1, -0.05) is 0 Å². The Morgan fingerprint density at radius 1 is 1.50 bits per heavy atom. The van der Waals surface area contributed by atoms with Crippen LogP contribution in [0.1, 0.15) is 26.3 Å². The van der Waals surface area contributed by atoms with Crippen molar-refractivity contribution in [1.29, 1.82) is 0 Å². The van der Waals surface area contributed by atoms with Gasteiger partial charge in [-0.25, -0.2) is 0 Å². The van der Waals surface area contributed by atoms with E-state index < -0.39 is 5.91 Å². The Labute approximate surface area is 81.7 Å². The van der Waals surface area contributed by atoms with E-state index in [-0.39, 0.29) is 11.1 Å². The second-order valence-electron chi connectivity index (χ2n) is 2.89. The van der Waals surface area contributed by atoms with E-state index in [9.17, 15) is 9.59 Å². The highest BCUT2D eigenvalue weighted by Gasteiger charge is 2.11. The molecular formula is C10H11NO3. The topological polar surface area (TPSA) is 69.4 Å². The van der Waals surface area contributed by atoms with Crippen molar-refractivity contribution in [2.45, 2.75) is 6.92 Å². The summed E-state index contributed by atoms with van der Waals surface area (Å²) in [5.41, 5.74) is 6.35. The van der Waals surface area contributed by atoms with E-state index in [4.69, 9.17) is 10.5 Å². The van der Waals surface area contributed by atoms with E-state index in [2.05, 4.69) is 0 Å². The number of hydrogen-bond donors (Lipinski definition) is 1. The Hall–Kier alpha value is -1.84. The Morgan fingerprint density at radius 2 is 2.14 bits per heavy atom. The first-order chi connectivity index (χ1) is 6.60. The number of methoxy groups -OCH3 is 1. The van der Waals surface area contributed by atoms with Crippen molar-refractivity contribution in [3.8, 4) is 5.75 Å². The smallest absolute Gasteiger partial charge is 0.249 e. The highest BCUT2D eigenvalue weighted by atomic mass is 16.5. The van der Waals surface area contributed by atoms with Crippen molar-refractivity contribution in [1.82, 2.24) is 0 Å². The van der Waals surface area contributed by atoms with Crippen molar-refractivity contribution in [3.05, 3.63) is 28.8 Å². The molecule has 0 heterocycles. The van der Waals surface area contributed by atoms with Gasteiger partial charge in [0, 0.05) is 5.56 Å². The molecule has 14 heavy (non-hydrogen) atoms. The molecule has 2 N–H and O–H groups in total. The molecule has 0 fully saturated rings. The van der Waals surface area contributed by atoms with E-state index in [1.165, 1.54) is 13.2 Å². The van der Waals surface area contributed by atoms with Crippen LogP contribution in [0, 0.1) is 6.92 Å². The van der Waals surface area contributed by atoms with Gasteiger partial charge >= 0.3 is 0 Å². The second-order valence-corrected chi connectivity index (χ2v) is 2.89. The molecule has 0 bridgehead atoms. The third-order valence-corrected chi connectivity index (χ3v) is 1.96. The van der Waals surface area contributed by atoms with Gasteiger partial charge in [-0.3, -0.25) is 9.59 Å². The Balaban J connectivity index is 3.38. The van der Waals surface area contributed by atoms with Crippen LogP contribution in [-0.2, 0) is 0 Å². The fraction of sp³-hybridized carbons (Fsp3) is 0.200. The molecule has 0 radical (unpaired) electrons. The second kappa shape index (κ2) is 3.91. The molecule has 4 heteroatoms. The molecule has 0 unspecified atom stereocenters. The first kappa shape index (κ1) is 10.2. The molecule has 4 nitrogen and oxygen atoms in total. The summed E-state index contributed by atoms with van der Waals surface area (Å²) in [6, 6.07) is 3.05. The van der Waals surface area contributed by atoms with Crippen LogP contribution in [-0.4, -0.2) is 19.3 Å². The molecule has 1 aromatic rings. The van der Waals surface area contributed by atoms with Crippen LogP contribution in [0.2, 0.25) is 0 Å². The van der Waals surface area contributed by atoms with Gasteiger partial charge in [0.2, 0.25) is 5.91 Å². The molecule has 74 valence electrons. The van der Waals surface area contributed by atoms with Crippen LogP contribution in [0.3, 0.4) is 0 Å². The van der Waals surface area contributed by atoms with E-state index in [1.807, 2.05) is 0 Å². The van der Waals surface area contributed by atoms with Gasteiger partial charge in [0.1, 0.15) is 5.75 Å². The summed E-state index contributed by atoms with van der Waals surface area (Å²) >= 11 is 0. The average Bonchev–Trinajstić information content (AvgIpc) is 2.17. The molecule has 0 aliphatic carbocycles.